The van der Waals surface area contributed by atoms with E-state index in [1.54, 1.807) is 0 Å². The van der Waals surface area contributed by atoms with E-state index in [2.05, 4.69) is 34.1 Å². The molecule has 7 heteroatoms. The lowest BCUT2D eigenvalue weighted by atomic mass is 10.2. The highest BCUT2D eigenvalue weighted by atomic mass is 32.1. The molecule has 27 heavy (non-hydrogen) atoms. The highest BCUT2D eigenvalue weighted by Crippen LogP contribution is 2.34. The third kappa shape index (κ3) is 4.01. The number of hydrogen-bond donors (Lipinski definition) is 1. The van der Waals surface area contributed by atoms with E-state index >= 15 is 0 Å². The van der Waals surface area contributed by atoms with Crippen molar-refractivity contribution in [2.75, 3.05) is 49.8 Å². The highest BCUT2D eigenvalue weighted by Gasteiger charge is 2.22. The molecule has 2 aliphatic rings. The summed E-state index contributed by atoms with van der Waals surface area (Å²) in [5, 5.41) is 12.8. The summed E-state index contributed by atoms with van der Waals surface area (Å²) in [6.07, 6.45) is 1.08. The van der Waals surface area contributed by atoms with Gasteiger partial charge in [0.1, 0.15) is 10.8 Å². The van der Waals surface area contributed by atoms with Gasteiger partial charge in [-0.3, -0.25) is 0 Å². The molecule has 0 saturated carbocycles. The van der Waals surface area contributed by atoms with Gasteiger partial charge in [0.15, 0.2) is 6.29 Å². The van der Waals surface area contributed by atoms with Crippen molar-refractivity contribution in [3.8, 4) is 0 Å². The average molecular weight is 388 g/mol. The fourth-order valence-electron chi connectivity index (χ4n) is 3.55. The maximum atomic E-state index is 10.00. The molecule has 3 heterocycles. The van der Waals surface area contributed by atoms with Crippen LogP contribution in [-0.4, -0.2) is 50.9 Å². The predicted octanol–water partition coefficient (Wildman–Crippen LogP) is 3.55. The summed E-state index contributed by atoms with van der Waals surface area (Å²) in [5.74, 6) is 1.04. The van der Waals surface area contributed by atoms with Crippen LogP contribution in [-0.2, 0) is 9.47 Å². The molecule has 1 aromatic heterocycles. The molecule has 1 N–H and O–H groups in total. The summed E-state index contributed by atoms with van der Waals surface area (Å²) < 4.78 is 10.5. The monoisotopic (exact) mass is 387 g/mol. The van der Waals surface area contributed by atoms with Crippen LogP contribution >= 0.6 is 11.3 Å². The van der Waals surface area contributed by atoms with Crippen molar-refractivity contribution in [2.45, 2.75) is 19.1 Å². The van der Waals surface area contributed by atoms with Gasteiger partial charge in [-0.1, -0.05) is 0 Å². The second-order valence-corrected chi connectivity index (χ2v) is 7.56. The second-order valence-electron chi connectivity index (χ2n) is 6.67. The zero-order valence-electron chi connectivity index (χ0n) is 15.5. The highest BCUT2D eigenvalue weighted by molar-refractivity contribution is 7.14. The van der Waals surface area contributed by atoms with E-state index in [-0.39, 0.29) is 0 Å². The maximum Gasteiger partial charge on any atom is 0.183 e. The van der Waals surface area contributed by atoms with Crippen molar-refractivity contribution < 1.29 is 14.6 Å². The van der Waals surface area contributed by atoms with Gasteiger partial charge in [-0.05, 0) is 42.1 Å². The molecular formula is C20H25N3O3S. The van der Waals surface area contributed by atoms with Gasteiger partial charge in [0, 0.05) is 50.1 Å². The van der Waals surface area contributed by atoms with Crippen molar-refractivity contribution in [1.29, 1.82) is 0 Å². The van der Waals surface area contributed by atoms with E-state index in [9.17, 15) is 5.11 Å². The Hall–Kier alpha value is -1.93. The van der Waals surface area contributed by atoms with E-state index < -0.39 is 6.29 Å². The number of nitrogens with zero attached hydrogens (tertiary/aromatic N) is 3. The lowest BCUT2D eigenvalue weighted by Gasteiger charge is -2.29. The number of anilines is 2. The van der Waals surface area contributed by atoms with Crippen LogP contribution in [0.2, 0.25) is 0 Å². The largest absolute Gasteiger partial charge is 0.378 e. The first-order chi connectivity index (χ1) is 13.3. The zero-order valence-corrected chi connectivity index (χ0v) is 16.3. The number of benzene rings is 1. The van der Waals surface area contributed by atoms with Crippen LogP contribution in [0.4, 0.5) is 16.4 Å². The average Bonchev–Trinajstić information content (AvgIpc) is 3.38. The van der Waals surface area contributed by atoms with Gasteiger partial charge in [-0.25, -0.2) is 4.99 Å². The fraction of sp³-hybridized carbons (Fsp3) is 0.450. The van der Waals surface area contributed by atoms with Gasteiger partial charge in [0.05, 0.1) is 13.2 Å². The number of ether oxygens (including phenoxy) is 2. The van der Waals surface area contributed by atoms with Crippen molar-refractivity contribution in [3.05, 3.63) is 41.3 Å². The maximum absolute atomic E-state index is 10.00. The number of thiophene rings is 1. The predicted molar refractivity (Wildman–Crippen MR) is 109 cm³/mol. The standard InChI is InChI=1S/C20H25N3O3S/c1-25-20(24)17-8-14-27-19(17)21-18-3-2-9-23(18)16-6-4-15(5-7-16)22-10-12-26-13-11-22/h4-8,14,20,24H,2-3,9-13H2,1H3. The summed E-state index contributed by atoms with van der Waals surface area (Å²) in [6, 6.07) is 10.6. The molecule has 6 nitrogen and oxygen atoms in total. The van der Waals surface area contributed by atoms with Gasteiger partial charge in [0.25, 0.3) is 0 Å². The van der Waals surface area contributed by atoms with Crippen molar-refractivity contribution in [2.24, 2.45) is 4.99 Å². The Labute approximate surface area is 163 Å². The quantitative estimate of drug-likeness (QED) is 0.795. The minimum absolute atomic E-state index is 0.726. The van der Waals surface area contributed by atoms with Crippen LogP contribution in [0.1, 0.15) is 24.7 Å². The smallest absolute Gasteiger partial charge is 0.183 e. The molecule has 0 radical (unpaired) electrons. The first-order valence-corrected chi connectivity index (χ1v) is 10.2. The van der Waals surface area contributed by atoms with Crippen LogP contribution in [0.25, 0.3) is 0 Å². The minimum Gasteiger partial charge on any atom is -0.378 e. The SMILES string of the molecule is COC(O)c1ccsc1N=C1CCCN1c1ccc(N2CCOCC2)cc1. The van der Waals surface area contributed by atoms with Crippen LogP contribution in [0.3, 0.4) is 0 Å². The van der Waals surface area contributed by atoms with E-state index in [1.165, 1.54) is 24.1 Å². The van der Waals surface area contributed by atoms with E-state index in [0.29, 0.717) is 0 Å². The molecule has 1 aromatic carbocycles. The molecule has 144 valence electrons. The summed E-state index contributed by atoms with van der Waals surface area (Å²) in [5.41, 5.74) is 3.13. The summed E-state index contributed by atoms with van der Waals surface area (Å²) >= 11 is 1.53. The molecular weight excluding hydrogens is 362 g/mol. The Morgan fingerprint density at radius 1 is 1.11 bits per heavy atom. The van der Waals surface area contributed by atoms with Gasteiger partial charge < -0.3 is 24.4 Å². The molecule has 0 bridgehead atoms. The summed E-state index contributed by atoms with van der Waals surface area (Å²) in [4.78, 5) is 9.48. The Morgan fingerprint density at radius 2 is 1.85 bits per heavy atom. The number of hydrogen-bond acceptors (Lipinski definition) is 6. The third-order valence-corrected chi connectivity index (χ3v) is 5.85. The van der Waals surface area contributed by atoms with Crippen molar-refractivity contribution in [3.63, 3.8) is 0 Å². The van der Waals surface area contributed by atoms with Crippen LogP contribution in [0.15, 0.2) is 40.7 Å². The molecule has 0 spiro atoms. The number of morpholine rings is 1. The van der Waals surface area contributed by atoms with Crippen molar-refractivity contribution in [1.82, 2.24) is 0 Å². The summed E-state index contributed by atoms with van der Waals surface area (Å²) in [6.45, 7) is 4.43. The third-order valence-electron chi connectivity index (χ3n) is 5.03. The topological polar surface area (TPSA) is 57.5 Å². The number of aliphatic imine (C=N–C) groups is 1. The normalized spacial score (nSPS) is 20.4. The van der Waals surface area contributed by atoms with Gasteiger partial charge in [-0.15, -0.1) is 11.3 Å². The van der Waals surface area contributed by atoms with Gasteiger partial charge >= 0.3 is 0 Å². The number of amidine groups is 1. The Balaban J connectivity index is 1.54. The lowest BCUT2D eigenvalue weighted by molar-refractivity contribution is -0.0762. The van der Waals surface area contributed by atoms with Crippen LogP contribution < -0.4 is 9.80 Å². The Kier molecular flexibility index (Phi) is 5.73. The second kappa shape index (κ2) is 8.39. The Bertz CT molecular complexity index is 784. The van der Waals surface area contributed by atoms with Crippen LogP contribution in [0, 0.1) is 0 Å². The molecule has 2 fully saturated rings. The fourth-order valence-corrected chi connectivity index (χ4v) is 4.36. The number of aliphatic hydroxyl groups excluding tert-OH is 1. The molecule has 4 rings (SSSR count). The number of aliphatic hydroxyl groups is 1. The van der Waals surface area contributed by atoms with E-state index in [0.717, 1.165) is 67.8 Å². The lowest BCUT2D eigenvalue weighted by Crippen LogP contribution is -2.36. The minimum atomic E-state index is -0.932. The molecule has 0 aliphatic carbocycles. The number of methoxy groups -OCH3 is 1. The van der Waals surface area contributed by atoms with Gasteiger partial charge in [-0.2, -0.15) is 0 Å². The first kappa shape index (κ1) is 18.4. The van der Waals surface area contributed by atoms with E-state index in [1.807, 2.05) is 11.4 Å². The van der Waals surface area contributed by atoms with E-state index in [4.69, 9.17) is 14.5 Å². The number of rotatable bonds is 5. The summed E-state index contributed by atoms with van der Waals surface area (Å²) in [7, 11) is 1.50. The van der Waals surface area contributed by atoms with Gasteiger partial charge in [0.2, 0.25) is 0 Å². The first-order valence-electron chi connectivity index (χ1n) is 9.32. The Morgan fingerprint density at radius 3 is 2.59 bits per heavy atom. The molecule has 1 atom stereocenters. The molecule has 2 saturated heterocycles. The molecule has 2 aromatic rings. The molecule has 1 unspecified atom stereocenters. The zero-order chi connectivity index (χ0) is 18.6. The molecule has 0 amide bonds. The van der Waals surface area contributed by atoms with Crippen molar-refractivity contribution >= 4 is 33.5 Å². The molecule has 2 aliphatic heterocycles. The van der Waals surface area contributed by atoms with Crippen LogP contribution in [0.5, 0.6) is 0 Å².